The van der Waals surface area contributed by atoms with E-state index in [9.17, 15) is 0 Å². The Kier molecular flexibility index (Phi) is 2.80. The van der Waals surface area contributed by atoms with Gasteiger partial charge in [-0.1, -0.05) is 17.4 Å². The summed E-state index contributed by atoms with van der Waals surface area (Å²) in [7, 11) is 0. The second-order valence-electron chi connectivity index (χ2n) is 5.34. The zero-order valence-corrected chi connectivity index (χ0v) is 13.0. The lowest BCUT2D eigenvalue weighted by Gasteiger charge is -1.96. The lowest BCUT2D eigenvalue weighted by molar-refractivity contribution is 0.623. The van der Waals surface area contributed by atoms with Gasteiger partial charge in [-0.05, 0) is 49.2 Å². The van der Waals surface area contributed by atoms with Crippen LogP contribution in [0.3, 0.4) is 0 Å². The van der Waals surface area contributed by atoms with Gasteiger partial charge in [0.1, 0.15) is 11.0 Å². The minimum absolute atomic E-state index is 0.440. The first-order valence-corrected chi connectivity index (χ1v) is 7.71. The monoisotopic (exact) mass is 310 g/mol. The molecule has 3 N–H and O–H groups in total. The molecule has 0 saturated heterocycles. The molecule has 5 nitrogen and oxygen atoms in total. The number of benzene rings is 2. The van der Waals surface area contributed by atoms with Crippen LogP contribution in [0.25, 0.3) is 21.3 Å². The number of nitrogens with one attached hydrogen (secondary N) is 1. The molecule has 0 aliphatic rings. The topological polar surface area (TPSA) is 77.0 Å². The van der Waals surface area contributed by atoms with Gasteiger partial charge in [0.2, 0.25) is 0 Å². The molecule has 0 saturated carbocycles. The summed E-state index contributed by atoms with van der Waals surface area (Å²) in [6.45, 7) is 4.04. The SMILES string of the molecule is Cc1ccc2nc(Nc3nc4c(N)cc(C)cc4s3)oc2c1. The molecule has 4 aromatic rings. The number of aryl methyl sites for hydroxylation is 2. The summed E-state index contributed by atoms with van der Waals surface area (Å²) in [5.74, 6) is 0. The van der Waals surface area contributed by atoms with Crippen molar-refractivity contribution < 1.29 is 4.42 Å². The van der Waals surface area contributed by atoms with Crippen LogP contribution in [0.2, 0.25) is 0 Å². The number of oxazole rings is 1. The highest BCUT2D eigenvalue weighted by atomic mass is 32.1. The largest absolute Gasteiger partial charge is 0.423 e. The van der Waals surface area contributed by atoms with E-state index in [0.29, 0.717) is 11.7 Å². The predicted octanol–water partition coefficient (Wildman–Crippen LogP) is 4.38. The molecule has 0 bridgehead atoms. The molecule has 0 aliphatic heterocycles. The zero-order chi connectivity index (χ0) is 15.3. The maximum Gasteiger partial charge on any atom is 0.302 e. The lowest BCUT2D eigenvalue weighted by atomic mass is 10.2. The smallest absolute Gasteiger partial charge is 0.302 e. The van der Waals surface area contributed by atoms with Gasteiger partial charge in [0, 0.05) is 0 Å². The zero-order valence-electron chi connectivity index (χ0n) is 12.2. The molecular formula is C16H14N4OS. The van der Waals surface area contributed by atoms with E-state index < -0.39 is 0 Å². The number of thiazole rings is 1. The highest BCUT2D eigenvalue weighted by Crippen LogP contribution is 2.33. The molecule has 6 heteroatoms. The van der Waals surface area contributed by atoms with Crippen molar-refractivity contribution in [2.45, 2.75) is 13.8 Å². The molecule has 0 radical (unpaired) electrons. The molecular weight excluding hydrogens is 296 g/mol. The van der Waals surface area contributed by atoms with Crippen molar-refractivity contribution in [1.82, 2.24) is 9.97 Å². The average molecular weight is 310 g/mol. The molecule has 0 aliphatic carbocycles. The molecule has 0 atom stereocenters. The molecule has 0 unspecified atom stereocenters. The quantitative estimate of drug-likeness (QED) is 0.537. The van der Waals surface area contributed by atoms with Crippen LogP contribution in [0, 0.1) is 13.8 Å². The van der Waals surface area contributed by atoms with E-state index in [1.807, 2.05) is 38.1 Å². The van der Waals surface area contributed by atoms with Gasteiger partial charge in [-0.2, -0.15) is 4.98 Å². The van der Waals surface area contributed by atoms with Crippen LogP contribution < -0.4 is 11.1 Å². The van der Waals surface area contributed by atoms with Crippen LogP contribution >= 0.6 is 11.3 Å². The highest BCUT2D eigenvalue weighted by molar-refractivity contribution is 7.22. The van der Waals surface area contributed by atoms with Crippen molar-refractivity contribution in [3.8, 4) is 0 Å². The highest BCUT2D eigenvalue weighted by Gasteiger charge is 2.11. The first kappa shape index (κ1) is 13.1. The van der Waals surface area contributed by atoms with Crippen LogP contribution in [0.4, 0.5) is 16.8 Å². The fourth-order valence-electron chi connectivity index (χ4n) is 2.43. The van der Waals surface area contributed by atoms with E-state index in [1.165, 1.54) is 11.3 Å². The van der Waals surface area contributed by atoms with Crippen LogP contribution in [-0.4, -0.2) is 9.97 Å². The van der Waals surface area contributed by atoms with Gasteiger partial charge in [-0.25, -0.2) is 4.98 Å². The van der Waals surface area contributed by atoms with E-state index in [4.69, 9.17) is 10.2 Å². The number of nitrogens with zero attached hydrogens (tertiary/aromatic N) is 2. The third-order valence-electron chi connectivity index (χ3n) is 3.43. The van der Waals surface area contributed by atoms with Crippen molar-refractivity contribution in [3.05, 3.63) is 41.5 Å². The van der Waals surface area contributed by atoms with Gasteiger partial charge < -0.3 is 10.2 Å². The number of aromatic nitrogens is 2. The molecule has 2 aromatic carbocycles. The number of hydrogen-bond acceptors (Lipinski definition) is 6. The second-order valence-corrected chi connectivity index (χ2v) is 6.37. The van der Waals surface area contributed by atoms with E-state index >= 15 is 0 Å². The Balaban J connectivity index is 1.74. The van der Waals surface area contributed by atoms with E-state index in [1.54, 1.807) is 0 Å². The van der Waals surface area contributed by atoms with Crippen LogP contribution in [-0.2, 0) is 0 Å². The summed E-state index contributed by atoms with van der Waals surface area (Å²) in [4.78, 5) is 8.94. The maximum absolute atomic E-state index is 6.02. The summed E-state index contributed by atoms with van der Waals surface area (Å²) in [5, 5.41) is 3.84. The maximum atomic E-state index is 6.02. The van der Waals surface area contributed by atoms with Crippen molar-refractivity contribution in [3.63, 3.8) is 0 Å². The molecule has 110 valence electrons. The van der Waals surface area contributed by atoms with Gasteiger partial charge in [0.05, 0.1) is 10.4 Å². The minimum Gasteiger partial charge on any atom is -0.423 e. The van der Waals surface area contributed by atoms with Crippen molar-refractivity contribution in [1.29, 1.82) is 0 Å². The molecule has 22 heavy (non-hydrogen) atoms. The van der Waals surface area contributed by atoms with Gasteiger partial charge in [-0.15, -0.1) is 0 Å². The first-order chi connectivity index (χ1) is 10.6. The summed E-state index contributed by atoms with van der Waals surface area (Å²) in [6.07, 6.45) is 0. The van der Waals surface area contributed by atoms with E-state index in [2.05, 4.69) is 21.4 Å². The van der Waals surface area contributed by atoms with Crippen LogP contribution in [0.5, 0.6) is 0 Å². The number of nitrogens with two attached hydrogens (primary N) is 1. The van der Waals surface area contributed by atoms with Crippen molar-refractivity contribution in [2.24, 2.45) is 0 Å². The summed E-state index contributed by atoms with van der Waals surface area (Å²) in [5.41, 5.74) is 11.4. The Hall–Kier alpha value is -2.60. The fourth-order valence-corrected chi connectivity index (χ4v) is 3.42. The summed E-state index contributed by atoms with van der Waals surface area (Å²) >= 11 is 1.53. The van der Waals surface area contributed by atoms with E-state index in [-0.39, 0.29) is 0 Å². The number of anilines is 3. The molecule has 0 spiro atoms. The standard InChI is InChI=1S/C16H14N4OS/c1-8-3-4-11-12(6-8)21-15(18-11)20-16-19-14-10(17)5-9(2)7-13(14)22-16/h3-7H,17H2,1-2H3,(H,18,19,20). The Bertz CT molecular complexity index is 1000. The minimum atomic E-state index is 0.440. The Morgan fingerprint density at radius 3 is 2.82 bits per heavy atom. The fraction of sp³-hybridized carbons (Fsp3) is 0.125. The number of rotatable bonds is 2. The molecule has 2 heterocycles. The van der Waals surface area contributed by atoms with E-state index in [0.717, 1.165) is 37.6 Å². The van der Waals surface area contributed by atoms with Gasteiger partial charge >= 0.3 is 6.01 Å². The predicted molar refractivity (Wildman–Crippen MR) is 90.8 cm³/mol. The number of nitrogen functional groups attached to an aromatic ring is 1. The van der Waals surface area contributed by atoms with Gasteiger partial charge in [-0.3, -0.25) is 5.32 Å². The van der Waals surface area contributed by atoms with Gasteiger partial charge in [0.25, 0.3) is 0 Å². The lowest BCUT2D eigenvalue weighted by Crippen LogP contribution is -1.90. The van der Waals surface area contributed by atoms with Crippen molar-refractivity contribution in [2.75, 3.05) is 11.1 Å². The molecule has 0 amide bonds. The second kappa shape index (κ2) is 4.71. The Morgan fingerprint density at radius 2 is 1.95 bits per heavy atom. The number of hydrogen-bond donors (Lipinski definition) is 2. The number of fused-ring (bicyclic) bond motifs is 2. The molecule has 0 fully saturated rings. The van der Waals surface area contributed by atoms with Crippen molar-refractivity contribution >= 4 is 49.5 Å². The normalized spacial score (nSPS) is 11.4. The van der Waals surface area contributed by atoms with Gasteiger partial charge in [0.15, 0.2) is 10.7 Å². The average Bonchev–Trinajstić information content (AvgIpc) is 3.01. The summed E-state index contributed by atoms with van der Waals surface area (Å²) in [6, 6.07) is 10.4. The Morgan fingerprint density at radius 1 is 1.09 bits per heavy atom. The Labute approximate surface area is 130 Å². The van der Waals surface area contributed by atoms with Crippen LogP contribution in [0.15, 0.2) is 34.7 Å². The first-order valence-electron chi connectivity index (χ1n) is 6.89. The third kappa shape index (κ3) is 2.17. The summed E-state index contributed by atoms with van der Waals surface area (Å²) < 4.78 is 6.76. The third-order valence-corrected chi connectivity index (χ3v) is 4.34. The van der Waals surface area contributed by atoms with Crippen LogP contribution in [0.1, 0.15) is 11.1 Å². The molecule has 2 aromatic heterocycles. The molecule has 4 rings (SSSR count).